The number of carbonyl (C=O) groups is 2. The lowest BCUT2D eigenvalue weighted by molar-refractivity contribution is -0.137. The summed E-state index contributed by atoms with van der Waals surface area (Å²) in [6.07, 6.45) is 5.07. The Labute approximate surface area is 196 Å². The molecule has 1 aromatic carbocycles. The van der Waals surface area contributed by atoms with Crippen LogP contribution in [0.5, 0.6) is 0 Å². The van der Waals surface area contributed by atoms with Crippen molar-refractivity contribution in [3.8, 4) is 0 Å². The molecule has 1 aliphatic heterocycles. The summed E-state index contributed by atoms with van der Waals surface area (Å²) in [5, 5.41) is 0. The van der Waals surface area contributed by atoms with E-state index in [9.17, 15) is 9.59 Å². The maximum atomic E-state index is 13.2. The number of hydrogen-bond acceptors (Lipinski definition) is 6. The highest BCUT2D eigenvalue weighted by Gasteiger charge is 2.35. The van der Waals surface area contributed by atoms with Crippen molar-refractivity contribution in [2.45, 2.75) is 52.3 Å². The molecule has 1 atom stereocenters. The van der Waals surface area contributed by atoms with Gasteiger partial charge in [0.15, 0.2) is 0 Å². The summed E-state index contributed by atoms with van der Waals surface area (Å²) in [6, 6.07) is 13.9. The van der Waals surface area contributed by atoms with E-state index in [1.165, 1.54) is 11.6 Å². The van der Waals surface area contributed by atoms with Gasteiger partial charge in [-0.2, -0.15) is 0 Å². The second kappa shape index (κ2) is 11.1. The van der Waals surface area contributed by atoms with Crippen molar-refractivity contribution in [3.05, 3.63) is 65.9 Å². The van der Waals surface area contributed by atoms with E-state index in [1.807, 2.05) is 45.0 Å². The highest BCUT2D eigenvalue weighted by atomic mass is 16.6. The van der Waals surface area contributed by atoms with Crippen LogP contribution in [-0.2, 0) is 20.8 Å². The van der Waals surface area contributed by atoms with Crippen LogP contribution < -0.4 is 4.90 Å². The quantitative estimate of drug-likeness (QED) is 0.450. The number of nitrogens with zero attached hydrogens (tertiary/aromatic N) is 3. The van der Waals surface area contributed by atoms with Crippen LogP contribution in [0, 0.1) is 0 Å². The minimum Gasteiger partial charge on any atom is -0.463 e. The lowest BCUT2D eigenvalue weighted by atomic mass is 10.2. The molecular weight excluding hydrogens is 418 g/mol. The first-order valence-electron chi connectivity index (χ1n) is 11.3. The highest BCUT2D eigenvalue weighted by Crippen LogP contribution is 2.25. The van der Waals surface area contributed by atoms with Crippen LogP contribution in [-0.4, -0.2) is 53.3 Å². The van der Waals surface area contributed by atoms with Crippen LogP contribution in [0.15, 0.2) is 54.7 Å². The van der Waals surface area contributed by atoms with Gasteiger partial charge in [-0.1, -0.05) is 30.3 Å². The van der Waals surface area contributed by atoms with Crippen LogP contribution in [0.25, 0.3) is 6.08 Å². The van der Waals surface area contributed by atoms with E-state index in [1.54, 1.807) is 30.2 Å². The molecule has 2 aromatic rings. The number of rotatable bonds is 7. The fourth-order valence-electron chi connectivity index (χ4n) is 3.74. The normalized spacial score (nSPS) is 16.7. The monoisotopic (exact) mass is 451 g/mol. The Morgan fingerprint density at radius 2 is 1.94 bits per heavy atom. The van der Waals surface area contributed by atoms with E-state index >= 15 is 0 Å². The number of ether oxygens (including phenoxy) is 2. The summed E-state index contributed by atoms with van der Waals surface area (Å²) in [5.74, 6) is 0.130. The van der Waals surface area contributed by atoms with Crippen LogP contribution >= 0.6 is 0 Å². The average Bonchev–Trinajstić information content (AvgIpc) is 3.21. The molecule has 7 heteroatoms. The Morgan fingerprint density at radius 3 is 2.58 bits per heavy atom. The number of hydrogen-bond donors (Lipinski definition) is 0. The van der Waals surface area contributed by atoms with Gasteiger partial charge in [-0.3, -0.25) is 9.80 Å². The molecule has 0 radical (unpaired) electrons. The Hall–Kier alpha value is -3.19. The standard InChI is InChI=1S/C26H33N3O4/c1-5-32-24(30)14-12-20-11-13-23(27-17-20)29(25(31)33-26(2,3)4)22-15-16-28(19-22)18-21-9-7-6-8-10-21/h6-14,17,22H,5,15-16,18-19H2,1-4H3/t22-/m1/s1. The summed E-state index contributed by atoms with van der Waals surface area (Å²) in [6.45, 7) is 10.1. The number of carbonyl (C=O) groups excluding carboxylic acids is 2. The second-order valence-electron chi connectivity index (χ2n) is 9.05. The largest absolute Gasteiger partial charge is 0.463 e. The molecule has 1 aromatic heterocycles. The van der Waals surface area contributed by atoms with Gasteiger partial charge in [0, 0.05) is 31.9 Å². The Morgan fingerprint density at radius 1 is 1.18 bits per heavy atom. The third-order valence-electron chi connectivity index (χ3n) is 5.17. The SMILES string of the molecule is CCOC(=O)C=Cc1ccc(N(C(=O)OC(C)(C)C)[C@@H]2CCN(Cc3ccccc3)C2)nc1. The molecule has 0 N–H and O–H groups in total. The zero-order chi connectivity index (χ0) is 23.8. The molecule has 33 heavy (non-hydrogen) atoms. The first-order valence-corrected chi connectivity index (χ1v) is 11.3. The molecule has 1 fully saturated rings. The first-order chi connectivity index (χ1) is 15.7. The van der Waals surface area contributed by atoms with E-state index in [-0.39, 0.29) is 6.04 Å². The van der Waals surface area contributed by atoms with Crippen molar-refractivity contribution in [2.24, 2.45) is 0 Å². The van der Waals surface area contributed by atoms with E-state index < -0.39 is 17.7 Å². The van der Waals surface area contributed by atoms with Gasteiger partial charge in [0.2, 0.25) is 0 Å². The maximum absolute atomic E-state index is 13.2. The second-order valence-corrected chi connectivity index (χ2v) is 9.05. The van der Waals surface area contributed by atoms with Crippen LogP contribution in [0.2, 0.25) is 0 Å². The van der Waals surface area contributed by atoms with E-state index in [0.717, 1.165) is 31.6 Å². The zero-order valence-corrected chi connectivity index (χ0v) is 19.9. The van der Waals surface area contributed by atoms with Crippen molar-refractivity contribution in [3.63, 3.8) is 0 Å². The summed E-state index contributed by atoms with van der Waals surface area (Å²) >= 11 is 0. The van der Waals surface area contributed by atoms with Gasteiger partial charge in [-0.25, -0.2) is 14.6 Å². The van der Waals surface area contributed by atoms with Crippen molar-refractivity contribution < 1.29 is 19.1 Å². The number of esters is 1. The van der Waals surface area contributed by atoms with E-state index in [0.29, 0.717) is 12.4 Å². The van der Waals surface area contributed by atoms with Crippen LogP contribution in [0.4, 0.5) is 10.6 Å². The number of benzene rings is 1. The summed E-state index contributed by atoms with van der Waals surface area (Å²) in [5.41, 5.74) is 1.38. The predicted octanol–water partition coefficient (Wildman–Crippen LogP) is 4.67. The Bertz CT molecular complexity index is 952. The van der Waals surface area contributed by atoms with Gasteiger partial charge in [0.1, 0.15) is 11.4 Å². The number of pyridine rings is 1. The van der Waals surface area contributed by atoms with Gasteiger partial charge in [0.05, 0.1) is 12.6 Å². The third-order valence-corrected chi connectivity index (χ3v) is 5.17. The zero-order valence-electron chi connectivity index (χ0n) is 19.9. The minimum absolute atomic E-state index is 0.0445. The molecule has 1 aliphatic rings. The highest BCUT2D eigenvalue weighted by molar-refractivity contribution is 5.88. The van der Waals surface area contributed by atoms with Gasteiger partial charge in [-0.05, 0) is 63.5 Å². The van der Waals surface area contributed by atoms with Crippen LogP contribution in [0.1, 0.15) is 45.2 Å². The fourth-order valence-corrected chi connectivity index (χ4v) is 3.74. The van der Waals surface area contributed by atoms with Gasteiger partial charge >= 0.3 is 12.1 Å². The van der Waals surface area contributed by atoms with Crippen LogP contribution in [0.3, 0.4) is 0 Å². The Kier molecular flexibility index (Phi) is 8.22. The molecule has 1 amide bonds. The van der Waals surface area contributed by atoms with Crippen molar-refractivity contribution in [1.29, 1.82) is 0 Å². The van der Waals surface area contributed by atoms with E-state index in [2.05, 4.69) is 22.0 Å². The minimum atomic E-state index is -0.611. The summed E-state index contributed by atoms with van der Waals surface area (Å²) < 4.78 is 10.6. The third kappa shape index (κ3) is 7.43. The van der Waals surface area contributed by atoms with Gasteiger partial charge in [-0.15, -0.1) is 0 Å². The predicted molar refractivity (Wildman–Crippen MR) is 129 cm³/mol. The number of likely N-dealkylation sites (tertiary alicyclic amines) is 1. The summed E-state index contributed by atoms with van der Waals surface area (Å²) in [4.78, 5) is 33.2. The van der Waals surface area contributed by atoms with Crippen molar-refractivity contribution in [2.75, 3.05) is 24.6 Å². The fraction of sp³-hybridized carbons (Fsp3) is 0.423. The average molecular weight is 452 g/mol. The topological polar surface area (TPSA) is 72.0 Å². The lowest BCUT2D eigenvalue weighted by Crippen LogP contribution is -2.45. The van der Waals surface area contributed by atoms with Gasteiger partial charge in [0.25, 0.3) is 0 Å². The molecule has 3 rings (SSSR count). The smallest absolute Gasteiger partial charge is 0.416 e. The Balaban J connectivity index is 1.76. The van der Waals surface area contributed by atoms with Crippen molar-refractivity contribution in [1.82, 2.24) is 9.88 Å². The molecule has 1 saturated heterocycles. The molecular formula is C26H33N3O4. The number of anilines is 1. The molecule has 0 saturated carbocycles. The summed E-state index contributed by atoms with van der Waals surface area (Å²) in [7, 11) is 0. The van der Waals surface area contributed by atoms with Gasteiger partial charge < -0.3 is 9.47 Å². The first kappa shape index (κ1) is 24.5. The lowest BCUT2D eigenvalue weighted by Gasteiger charge is -2.31. The molecule has 0 bridgehead atoms. The molecule has 0 spiro atoms. The molecule has 0 unspecified atom stereocenters. The molecule has 2 heterocycles. The van der Waals surface area contributed by atoms with Crippen molar-refractivity contribution >= 4 is 24.0 Å². The molecule has 176 valence electrons. The number of aromatic nitrogens is 1. The number of amides is 1. The maximum Gasteiger partial charge on any atom is 0.416 e. The molecule has 7 nitrogen and oxygen atoms in total. The molecule has 0 aliphatic carbocycles. The van der Waals surface area contributed by atoms with E-state index in [4.69, 9.17) is 9.47 Å².